The maximum atomic E-state index is 5.50. The highest BCUT2D eigenvalue weighted by molar-refractivity contribution is 6.35. The first-order valence-corrected chi connectivity index (χ1v) is 16.5. The standard InChI is InChI=1S/C45H27N3/c1-3-13-28(14-4-1)30-23-24-39-36(25-30)42-40(47(39)41-26-31-17-7-8-18-32(31)44(46-41)29-15-5-2-6-16-29)27-35-33-19-9-11-21-37(33)48-38-22-12-10-20-34(38)43(42)45(35)48/h1-27H. The van der Waals surface area contributed by atoms with Crippen molar-refractivity contribution in [2.45, 2.75) is 0 Å². The van der Waals surface area contributed by atoms with Crippen LogP contribution in [0.2, 0.25) is 0 Å². The summed E-state index contributed by atoms with van der Waals surface area (Å²) in [6.45, 7) is 0. The summed E-state index contributed by atoms with van der Waals surface area (Å²) in [6, 6.07) is 59.2. The maximum Gasteiger partial charge on any atom is 0.138 e. The predicted octanol–water partition coefficient (Wildman–Crippen LogP) is 11.8. The Kier molecular flexibility index (Phi) is 5.11. The molecule has 7 aromatic carbocycles. The molecule has 3 heteroatoms. The lowest BCUT2D eigenvalue weighted by Gasteiger charge is -2.13. The Balaban J connectivity index is 1.37. The number of nitrogens with zero attached hydrogens (tertiary/aromatic N) is 3. The van der Waals surface area contributed by atoms with Gasteiger partial charge in [-0.15, -0.1) is 0 Å². The summed E-state index contributed by atoms with van der Waals surface area (Å²) in [5, 5.41) is 9.92. The van der Waals surface area contributed by atoms with E-state index >= 15 is 0 Å². The Morgan fingerprint density at radius 1 is 0.375 bits per heavy atom. The average Bonchev–Trinajstić information content (AvgIpc) is 3.79. The SMILES string of the molecule is c1ccc(-c2ccc3c(c2)c2c4c5ccccc5n5c6ccccc6c(cc2n3-c2cc3ccccc3c(-c3ccccc3)n2)c45)cc1. The Morgan fingerprint density at radius 3 is 1.81 bits per heavy atom. The van der Waals surface area contributed by atoms with Crippen LogP contribution in [0, 0.1) is 0 Å². The Labute approximate surface area is 275 Å². The second-order valence-corrected chi connectivity index (χ2v) is 12.8. The van der Waals surface area contributed by atoms with Crippen molar-refractivity contribution in [1.82, 2.24) is 14.0 Å². The van der Waals surface area contributed by atoms with Crippen molar-refractivity contribution in [3.8, 4) is 28.2 Å². The molecule has 11 aromatic rings. The first kappa shape index (κ1) is 25.7. The third-order valence-corrected chi connectivity index (χ3v) is 10.2. The van der Waals surface area contributed by atoms with Crippen LogP contribution in [-0.4, -0.2) is 14.0 Å². The van der Waals surface area contributed by atoms with E-state index in [0.29, 0.717) is 0 Å². The van der Waals surface area contributed by atoms with Gasteiger partial charge in [-0.3, -0.25) is 4.57 Å². The lowest BCUT2D eigenvalue weighted by atomic mass is 9.99. The van der Waals surface area contributed by atoms with E-state index in [1.807, 2.05) is 0 Å². The molecule has 0 N–H and O–H groups in total. The van der Waals surface area contributed by atoms with Crippen LogP contribution in [0.1, 0.15) is 0 Å². The summed E-state index contributed by atoms with van der Waals surface area (Å²) in [4.78, 5) is 5.50. The Bertz CT molecular complexity index is 3040. The van der Waals surface area contributed by atoms with E-state index in [1.165, 1.54) is 70.9 Å². The minimum atomic E-state index is 0.918. The van der Waals surface area contributed by atoms with Gasteiger partial charge in [0, 0.05) is 43.3 Å². The monoisotopic (exact) mass is 609 g/mol. The highest BCUT2D eigenvalue weighted by atomic mass is 15.1. The fourth-order valence-electron chi connectivity index (χ4n) is 8.19. The number of fused-ring (bicyclic) bond motifs is 11. The van der Waals surface area contributed by atoms with Gasteiger partial charge >= 0.3 is 0 Å². The largest absolute Gasteiger partial charge is 0.308 e. The van der Waals surface area contributed by atoms with Gasteiger partial charge in [0.05, 0.1) is 33.3 Å². The second kappa shape index (κ2) is 9.54. The van der Waals surface area contributed by atoms with Gasteiger partial charge in [-0.05, 0) is 52.9 Å². The van der Waals surface area contributed by atoms with E-state index in [1.54, 1.807) is 0 Å². The van der Waals surface area contributed by atoms with E-state index in [2.05, 4.69) is 173 Å². The zero-order chi connectivity index (χ0) is 31.3. The van der Waals surface area contributed by atoms with Crippen LogP contribution in [-0.2, 0) is 0 Å². The minimum Gasteiger partial charge on any atom is -0.308 e. The highest BCUT2D eigenvalue weighted by Gasteiger charge is 2.25. The van der Waals surface area contributed by atoms with Gasteiger partial charge in [-0.2, -0.15) is 0 Å². The van der Waals surface area contributed by atoms with Crippen molar-refractivity contribution in [2.24, 2.45) is 0 Å². The van der Waals surface area contributed by atoms with Gasteiger partial charge in [0.2, 0.25) is 0 Å². The molecular weight excluding hydrogens is 583 g/mol. The van der Waals surface area contributed by atoms with Crippen LogP contribution < -0.4 is 0 Å². The van der Waals surface area contributed by atoms with Crippen molar-refractivity contribution in [1.29, 1.82) is 0 Å². The lowest BCUT2D eigenvalue weighted by molar-refractivity contribution is 1.09. The second-order valence-electron chi connectivity index (χ2n) is 12.8. The van der Waals surface area contributed by atoms with Crippen LogP contribution >= 0.6 is 0 Å². The first-order valence-electron chi connectivity index (χ1n) is 16.5. The fourth-order valence-corrected chi connectivity index (χ4v) is 8.19. The third kappa shape index (κ3) is 3.40. The van der Waals surface area contributed by atoms with E-state index < -0.39 is 0 Å². The molecule has 222 valence electrons. The summed E-state index contributed by atoms with van der Waals surface area (Å²) in [5.74, 6) is 0.918. The molecule has 0 fully saturated rings. The summed E-state index contributed by atoms with van der Waals surface area (Å²) < 4.78 is 4.88. The van der Waals surface area contributed by atoms with Crippen LogP contribution in [0.25, 0.3) is 98.9 Å². The molecule has 0 aliphatic rings. The summed E-state index contributed by atoms with van der Waals surface area (Å²) >= 11 is 0. The molecule has 0 saturated heterocycles. The molecule has 0 aliphatic heterocycles. The molecule has 0 bridgehead atoms. The van der Waals surface area contributed by atoms with Crippen molar-refractivity contribution < 1.29 is 0 Å². The van der Waals surface area contributed by atoms with Crippen LogP contribution in [0.3, 0.4) is 0 Å². The molecule has 48 heavy (non-hydrogen) atoms. The molecule has 4 heterocycles. The number of aromatic nitrogens is 3. The molecule has 0 unspecified atom stereocenters. The normalized spacial score (nSPS) is 12.2. The maximum absolute atomic E-state index is 5.50. The lowest BCUT2D eigenvalue weighted by Crippen LogP contribution is -2.00. The Morgan fingerprint density at radius 2 is 1.02 bits per heavy atom. The van der Waals surface area contributed by atoms with Gasteiger partial charge in [0.25, 0.3) is 0 Å². The quantitative estimate of drug-likeness (QED) is 0.195. The fraction of sp³-hybridized carbons (Fsp3) is 0. The number of hydrogen-bond donors (Lipinski definition) is 0. The van der Waals surface area contributed by atoms with Gasteiger partial charge in [-0.25, -0.2) is 4.98 Å². The zero-order valence-corrected chi connectivity index (χ0v) is 25.9. The summed E-state index contributed by atoms with van der Waals surface area (Å²) in [7, 11) is 0. The summed E-state index contributed by atoms with van der Waals surface area (Å²) in [5.41, 5.74) is 10.6. The van der Waals surface area contributed by atoms with Gasteiger partial charge in [-0.1, -0.05) is 127 Å². The molecule has 0 aliphatic carbocycles. The van der Waals surface area contributed by atoms with E-state index in [0.717, 1.165) is 28.0 Å². The number of pyridine rings is 1. The van der Waals surface area contributed by atoms with Crippen molar-refractivity contribution >= 4 is 70.7 Å². The molecule has 4 aromatic heterocycles. The average molecular weight is 610 g/mol. The van der Waals surface area contributed by atoms with Crippen molar-refractivity contribution in [2.75, 3.05) is 0 Å². The smallest absolute Gasteiger partial charge is 0.138 e. The molecule has 11 rings (SSSR count). The number of hydrogen-bond acceptors (Lipinski definition) is 1. The van der Waals surface area contributed by atoms with E-state index in [9.17, 15) is 0 Å². The number of rotatable bonds is 3. The number of benzene rings is 7. The molecule has 0 amide bonds. The molecule has 0 radical (unpaired) electrons. The predicted molar refractivity (Wildman–Crippen MR) is 202 cm³/mol. The van der Waals surface area contributed by atoms with Gasteiger partial charge < -0.3 is 4.40 Å². The third-order valence-electron chi connectivity index (χ3n) is 10.2. The molecule has 0 spiro atoms. The number of para-hydroxylation sites is 2. The molecule has 3 nitrogen and oxygen atoms in total. The van der Waals surface area contributed by atoms with Crippen molar-refractivity contribution in [3.05, 3.63) is 164 Å². The van der Waals surface area contributed by atoms with E-state index in [-0.39, 0.29) is 0 Å². The molecule has 0 saturated carbocycles. The topological polar surface area (TPSA) is 22.2 Å². The Hall–Kier alpha value is -6.45. The van der Waals surface area contributed by atoms with Gasteiger partial charge in [0.1, 0.15) is 5.82 Å². The van der Waals surface area contributed by atoms with E-state index in [4.69, 9.17) is 4.98 Å². The first-order chi connectivity index (χ1) is 23.8. The van der Waals surface area contributed by atoms with Crippen LogP contribution in [0.4, 0.5) is 0 Å². The molecule has 0 atom stereocenters. The van der Waals surface area contributed by atoms with Crippen LogP contribution in [0.5, 0.6) is 0 Å². The zero-order valence-electron chi connectivity index (χ0n) is 25.9. The highest BCUT2D eigenvalue weighted by Crippen LogP contribution is 2.47. The van der Waals surface area contributed by atoms with Gasteiger partial charge in [0.15, 0.2) is 0 Å². The molecular formula is C45H27N3. The van der Waals surface area contributed by atoms with Crippen molar-refractivity contribution in [3.63, 3.8) is 0 Å². The van der Waals surface area contributed by atoms with Crippen LogP contribution in [0.15, 0.2) is 164 Å². The summed E-state index contributed by atoms with van der Waals surface area (Å²) in [6.07, 6.45) is 0. The minimum absolute atomic E-state index is 0.918.